The molecule has 1 aliphatic carbocycles. The van der Waals surface area contributed by atoms with Crippen LogP contribution in [-0.4, -0.2) is 17.2 Å². The number of benzene rings is 1. The van der Waals surface area contributed by atoms with E-state index in [2.05, 4.69) is 23.0 Å². The quantitative estimate of drug-likeness (QED) is 0.893. The van der Waals surface area contributed by atoms with E-state index < -0.39 is 0 Å². The maximum Gasteiger partial charge on any atom is 0.123 e. The predicted octanol–water partition coefficient (Wildman–Crippen LogP) is 3.95. The lowest BCUT2D eigenvalue weighted by Crippen LogP contribution is -2.34. The average molecular weight is 274 g/mol. The Balaban J connectivity index is 1.55. The van der Waals surface area contributed by atoms with Gasteiger partial charge in [-0.3, -0.25) is 0 Å². The molecule has 0 spiro atoms. The molecule has 3 rings (SSSR count). The summed E-state index contributed by atoms with van der Waals surface area (Å²) in [6, 6.07) is 7.68. The van der Waals surface area contributed by atoms with Gasteiger partial charge in [-0.05, 0) is 55.9 Å². The van der Waals surface area contributed by atoms with Gasteiger partial charge in [-0.25, -0.2) is 4.39 Å². The molecule has 1 heterocycles. The molecule has 0 amide bonds. The first-order chi connectivity index (χ1) is 9.72. The Kier molecular flexibility index (Phi) is 4.06. The van der Waals surface area contributed by atoms with Gasteiger partial charge in [-0.1, -0.05) is 6.92 Å². The van der Waals surface area contributed by atoms with E-state index >= 15 is 0 Å². The largest absolute Gasteiger partial charge is 0.346 e. The lowest BCUT2D eigenvalue weighted by atomic mass is 9.87. The number of hydrogen-bond acceptors (Lipinski definition) is 1. The van der Waals surface area contributed by atoms with Gasteiger partial charge in [0.25, 0.3) is 0 Å². The number of fused-ring (bicyclic) bond motifs is 1. The fraction of sp³-hybridized carbons (Fsp3) is 0.529. The molecule has 3 heteroatoms. The van der Waals surface area contributed by atoms with Crippen molar-refractivity contribution in [1.82, 2.24) is 9.88 Å². The molecule has 0 saturated heterocycles. The van der Waals surface area contributed by atoms with Crippen LogP contribution in [0.1, 0.15) is 32.6 Å². The van der Waals surface area contributed by atoms with Gasteiger partial charge in [0.1, 0.15) is 5.82 Å². The van der Waals surface area contributed by atoms with Crippen molar-refractivity contribution in [3.05, 3.63) is 36.3 Å². The smallest absolute Gasteiger partial charge is 0.123 e. The summed E-state index contributed by atoms with van der Waals surface area (Å²) in [7, 11) is 0. The van der Waals surface area contributed by atoms with Gasteiger partial charge in [0.15, 0.2) is 0 Å². The molecular formula is C17H23FN2. The fourth-order valence-electron chi connectivity index (χ4n) is 3.22. The molecule has 20 heavy (non-hydrogen) atoms. The van der Waals surface area contributed by atoms with Gasteiger partial charge >= 0.3 is 0 Å². The van der Waals surface area contributed by atoms with Crippen molar-refractivity contribution in [1.29, 1.82) is 0 Å². The van der Waals surface area contributed by atoms with E-state index in [4.69, 9.17) is 0 Å². The topological polar surface area (TPSA) is 17.0 Å². The second-order valence-corrected chi connectivity index (χ2v) is 6.12. The molecule has 1 aliphatic rings. The van der Waals surface area contributed by atoms with Crippen molar-refractivity contribution in [2.24, 2.45) is 5.92 Å². The Morgan fingerprint density at radius 3 is 2.80 bits per heavy atom. The van der Waals surface area contributed by atoms with Crippen molar-refractivity contribution in [3.8, 4) is 0 Å². The lowest BCUT2D eigenvalue weighted by molar-refractivity contribution is 0.305. The Labute approximate surface area is 120 Å². The first-order valence-corrected chi connectivity index (χ1v) is 7.70. The highest BCUT2D eigenvalue weighted by Gasteiger charge is 2.17. The van der Waals surface area contributed by atoms with E-state index in [-0.39, 0.29) is 5.82 Å². The van der Waals surface area contributed by atoms with E-state index in [1.54, 1.807) is 6.07 Å². The summed E-state index contributed by atoms with van der Waals surface area (Å²) in [5.41, 5.74) is 1.12. The molecule has 1 aromatic carbocycles. The molecule has 0 unspecified atom stereocenters. The van der Waals surface area contributed by atoms with Gasteiger partial charge in [-0.2, -0.15) is 0 Å². The monoisotopic (exact) mass is 274 g/mol. The standard InChI is InChI=1S/C17H23FN2/c1-13-2-5-16(6-3-13)19-9-11-20-10-8-14-12-15(18)4-7-17(14)20/h4,7-8,10,12-13,16,19H,2-3,5-6,9,11H2,1H3. The van der Waals surface area contributed by atoms with Crippen LogP contribution in [0.5, 0.6) is 0 Å². The molecule has 2 nitrogen and oxygen atoms in total. The molecule has 0 atom stereocenters. The highest BCUT2D eigenvalue weighted by Crippen LogP contribution is 2.23. The molecule has 0 bridgehead atoms. The third kappa shape index (κ3) is 3.04. The highest BCUT2D eigenvalue weighted by atomic mass is 19.1. The maximum atomic E-state index is 13.2. The van der Waals surface area contributed by atoms with Gasteiger partial charge in [0.2, 0.25) is 0 Å². The first-order valence-electron chi connectivity index (χ1n) is 7.70. The summed E-state index contributed by atoms with van der Waals surface area (Å²) < 4.78 is 15.4. The number of nitrogens with one attached hydrogen (secondary N) is 1. The van der Waals surface area contributed by atoms with Gasteiger partial charge < -0.3 is 9.88 Å². The van der Waals surface area contributed by atoms with E-state index in [1.807, 2.05) is 12.1 Å². The number of hydrogen-bond donors (Lipinski definition) is 1. The Hall–Kier alpha value is -1.35. The summed E-state index contributed by atoms with van der Waals surface area (Å²) in [4.78, 5) is 0. The second kappa shape index (κ2) is 5.96. The van der Waals surface area contributed by atoms with E-state index in [9.17, 15) is 4.39 Å². The first kappa shape index (κ1) is 13.6. The van der Waals surface area contributed by atoms with Gasteiger partial charge in [0, 0.05) is 36.2 Å². The highest BCUT2D eigenvalue weighted by molar-refractivity contribution is 5.80. The molecule has 1 N–H and O–H groups in total. The summed E-state index contributed by atoms with van der Waals surface area (Å²) >= 11 is 0. The zero-order valence-electron chi connectivity index (χ0n) is 12.1. The minimum absolute atomic E-state index is 0.162. The predicted molar refractivity (Wildman–Crippen MR) is 81.3 cm³/mol. The van der Waals surface area contributed by atoms with Crippen LogP contribution in [-0.2, 0) is 6.54 Å². The van der Waals surface area contributed by atoms with Crippen LogP contribution in [0.15, 0.2) is 30.5 Å². The summed E-state index contributed by atoms with van der Waals surface area (Å²) in [6.07, 6.45) is 7.36. The second-order valence-electron chi connectivity index (χ2n) is 6.12. The zero-order chi connectivity index (χ0) is 13.9. The minimum atomic E-state index is -0.162. The van der Waals surface area contributed by atoms with Crippen LogP contribution in [0.25, 0.3) is 10.9 Å². The molecule has 0 radical (unpaired) electrons. The van der Waals surface area contributed by atoms with Crippen molar-refractivity contribution in [2.75, 3.05) is 6.54 Å². The number of nitrogens with zero attached hydrogens (tertiary/aromatic N) is 1. The van der Waals surface area contributed by atoms with E-state index in [1.165, 1.54) is 31.7 Å². The maximum absolute atomic E-state index is 13.2. The fourth-order valence-corrected chi connectivity index (χ4v) is 3.22. The summed E-state index contributed by atoms with van der Waals surface area (Å²) in [6.45, 7) is 4.28. The molecule has 1 fully saturated rings. The summed E-state index contributed by atoms with van der Waals surface area (Å²) in [5.74, 6) is 0.737. The van der Waals surface area contributed by atoms with Crippen LogP contribution in [0.2, 0.25) is 0 Å². The lowest BCUT2D eigenvalue weighted by Gasteiger charge is -2.27. The van der Waals surface area contributed by atoms with Gasteiger partial charge in [0.05, 0.1) is 0 Å². The van der Waals surface area contributed by atoms with Crippen molar-refractivity contribution in [3.63, 3.8) is 0 Å². The molecule has 0 aliphatic heterocycles. The van der Waals surface area contributed by atoms with E-state index in [0.29, 0.717) is 6.04 Å². The van der Waals surface area contributed by atoms with Crippen molar-refractivity contribution < 1.29 is 4.39 Å². The van der Waals surface area contributed by atoms with E-state index in [0.717, 1.165) is 29.9 Å². The van der Waals surface area contributed by atoms with Crippen LogP contribution in [0.3, 0.4) is 0 Å². The summed E-state index contributed by atoms with van der Waals surface area (Å²) in [5, 5.41) is 4.64. The SMILES string of the molecule is CC1CCC(NCCn2ccc3cc(F)ccc32)CC1. The zero-order valence-corrected chi connectivity index (χ0v) is 12.1. The average Bonchev–Trinajstić information content (AvgIpc) is 2.83. The molecule has 1 saturated carbocycles. The van der Waals surface area contributed by atoms with Gasteiger partial charge in [-0.15, -0.1) is 0 Å². The molecule has 1 aromatic heterocycles. The van der Waals surface area contributed by atoms with Crippen molar-refractivity contribution in [2.45, 2.75) is 45.2 Å². The van der Waals surface area contributed by atoms with Crippen LogP contribution >= 0.6 is 0 Å². The third-order valence-corrected chi connectivity index (χ3v) is 4.53. The minimum Gasteiger partial charge on any atom is -0.346 e. The molecule has 2 aromatic rings. The Morgan fingerprint density at radius 1 is 1.20 bits per heavy atom. The molecular weight excluding hydrogens is 251 g/mol. The third-order valence-electron chi connectivity index (χ3n) is 4.53. The number of rotatable bonds is 4. The van der Waals surface area contributed by atoms with Crippen LogP contribution in [0.4, 0.5) is 4.39 Å². The molecule has 108 valence electrons. The normalized spacial score (nSPS) is 23.3. The number of aromatic nitrogens is 1. The Morgan fingerprint density at radius 2 is 2.00 bits per heavy atom. The van der Waals surface area contributed by atoms with Crippen LogP contribution in [0, 0.1) is 11.7 Å². The Bertz CT molecular complexity index is 567. The van der Waals surface area contributed by atoms with Crippen LogP contribution < -0.4 is 5.32 Å². The number of halogens is 1. The van der Waals surface area contributed by atoms with Crippen molar-refractivity contribution >= 4 is 10.9 Å².